The Bertz CT molecular complexity index is 2980. The van der Waals surface area contributed by atoms with Crippen molar-refractivity contribution in [2.45, 2.75) is 336 Å². The molecule has 4 saturated heterocycles. The van der Waals surface area contributed by atoms with Crippen molar-refractivity contribution in [3.63, 3.8) is 0 Å². The van der Waals surface area contributed by atoms with Gasteiger partial charge in [-0.2, -0.15) is 5.26 Å². The Labute approximate surface area is 719 Å². The molecule has 5 heterocycles. The first kappa shape index (κ1) is 110. The average molecular weight is 1710 g/mol. The van der Waals surface area contributed by atoms with E-state index in [2.05, 4.69) is 144 Å². The first-order valence-electron chi connectivity index (χ1n) is 44.3. The maximum atomic E-state index is 11.2. The smallest absolute Gasteiger partial charge is 0.302 e. The minimum absolute atomic E-state index is 0. The molecule has 9 unspecified atom stereocenters. The highest BCUT2D eigenvalue weighted by atomic mass is 31.2. The third-order valence-electron chi connectivity index (χ3n) is 23.3. The van der Waals surface area contributed by atoms with Gasteiger partial charge in [0.1, 0.15) is 32.5 Å². The number of hydrogen-bond donors (Lipinski definition) is 2. The molecule has 26 heteroatoms. The maximum absolute atomic E-state index is 11.2. The van der Waals surface area contributed by atoms with Gasteiger partial charge in [-0.25, -0.2) is 9.66 Å². The fourth-order valence-electron chi connectivity index (χ4n) is 14.6. The fraction of sp³-hybridized carbons (Fsp3) is 0.806. The number of ether oxygens (including phenoxy) is 14. The molecule has 0 radical (unpaired) electrons. The number of aliphatic hydroxyl groups is 2. The number of fused-ring (bicyclic) bond motifs is 1. The van der Waals surface area contributed by atoms with Crippen molar-refractivity contribution < 1.29 is 105 Å². The van der Waals surface area contributed by atoms with E-state index >= 15 is 0 Å². The minimum Gasteiger partial charge on any atom is -0.463 e. The van der Waals surface area contributed by atoms with Crippen molar-refractivity contribution >= 4 is 38.3 Å². The molecule has 2 aromatic rings. The number of benzene rings is 2. The van der Waals surface area contributed by atoms with E-state index in [0.29, 0.717) is 144 Å². The maximum Gasteiger partial charge on any atom is 0.302 e. The van der Waals surface area contributed by atoms with Gasteiger partial charge >= 0.3 is 23.9 Å². The summed E-state index contributed by atoms with van der Waals surface area (Å²) in [5.41, 5.74) is 2.45. The van der Waals surface area contributed by atoms with Gasteiger partial charge in [0.05, 0.1) is 63.3 Å². The second kappa shape index (κ2) is 64.8. The number of nitriles is 1. The third kappa shape index (κ3) is 45.1. The molecule has 25 nitrogen and oxygen atoms in total. The first-order valence-corrected chi connectivity index (χ1v) is 45.5. The summed E-state index contributed by atoms with van der Waals surface area (Å²) in [7, 11) is -1.17. The molecular weight excluding hydrogens is 1540 g/mol. The van der Waals surface area contributed by atoms with Gasteiger partial charge < -0.3 is 85.6 Å². The van der Waals surface area contributed by atoms with Crippen molar-refractivity contribution in [3.05, 3.63) is 71.8 Å². The molecular formula is C93H162N3O22P. The molecule has 5 aliphatic rings. The van der Waals surface area contributed by atoms with E-state index < -0.39 is 8.53 Å². The lowest BCUT2D eigenvalue weighted by atomic mass is 9.79. The van der Waals surface area contributed by atoms with Crippen molar-refractivity contribution in [3.8, 4) is 6.07 Å². The van der Waals surface area contributed by atoms with Crippen LogP contribution in [0.2, 0.25) is 0 Å². The van der Waals surface area contributed by atoms with Crippen LogP contribution in [0, 0.1) is 76.4 Å². The number of hydrogen-bond acceptors (Lipinski definition) is 25. The monoisotopic (exact) mass is 1700 g/mol. The van der Waals surface area contributed by atoms with Gasteiger partial charge in [-0.05, 0) is 138 Å². The van der Waals surface area contributed by atoms with E-state index in [1.165, 1.54) is 38.8 Å². The van der Waals surface area contributed by atoms with Gasteiger partial charge in [0, 0.05) is 111 Å². The van der Waals surface area contributed by atoms with Gasteiger partial charge in [0.25, 0.3) is 8.53 Å². The number of esters is 4. The van der Waals surface area contributed by atoms with Crippen LogP contribution < -0.4 is 0 Å². The summed E-state index contributed by atoms with van der Waals surface area (Å²) >= 11 is 0. The van der Waals surface area contributed by atoms with Gasteiger partial charge in [-0.15, -0.1) is 0 Å². The van der Waals surface area contributed by atoms with E-state index in [1.54, 1.807) is 0 Å². The summed E-state index contributed by atoms with van der Waals surface area (Å²) in [5.74, 6) is 3.44. The first-order chi connectivity index (χ1) is 56.5. The Morgan fingerprint density at radius 1 is 0.429 bits per heavy atom. The predicted octanol–water partition coefficient (Wildman–Crippen LogP) is 18.5. The molecule has 5 aliphatic heterocycles. The fourth-order valence-corrected chi connectivity index (χ4v) is 16.2. The molecule has 4 fully saturated rings. The highest BCUT2D eigenvalue weighted by molar-refractivity contribution is 7.44. The SMILES string of the molecule is C.CC(=O)OCC1O[C@@H](OCCCCCCO)C(C)[C@@H](C)[C@H]1C.CC(=O)OCC1O[C@@H](OCCCCCCOCc2ccccc2)C(C)[C@@H](C)[C@H]1C.CC(=O)OCC1O[C@@H](OCCCCCCOP(OCCC#N)N(C(C)C)C(C)C)C(C)[C@@H](C)[C@H]1C.CC(=O)OCC1O[C@@H]2OC(C)=NC2[C@@H](C)[C@H]1C.OCCCCCCOCc1ccccc1. The number of nitrogens with zero attached hydrogens (tertiary/aromatic N) is 3. The minimum atomic E-state index is -1.17. The highest BCUT2D eigenvalue weighted by Gasteiger charge is 2.47. The summed E-state index contributed by atoms with van der Waals surface area (Å²) in [6.07, 6.45) is 15.4. The van der Waals surface area contributed by atoms with Crippen LogP contribution in [0.4, 0.5) is 0 Å². The van der Waals surface area contributed by atoms with Crippen LogP contribution in [-0.2, 0) is 108 Å². The van der Waals surface area contributed by atoms with Crippen molar-refractivity contribution in [1.82, 2.24) is 4.67 Å². The van der Waals surface area contributed by atoms with Crippen molar-refractivity contribution in [2.24, 2.45) is 70.1 Å². The zero-order valence-corrected chi connectivity index (χ0v) is 76.8. The van der Waals surface area contributed by atoms with E-state index in [4.69, 9.17) is 90.8 Å². The Morgan fingerprint density at radius 3 is 1.07 bits per heavy atom. The molecule has 0 amide bonds. The normalized spacial score (nSPS) is 27.1. The lowest BCUT2D eigenvalue weighted by Crippen LogP contribution is -2.49. The number of unbranched alkanes of at least 4 members (excludes halogenated alkanes) is 12. The molecule has 2 N–H and O–H groups in total. The zero-order chi connectivity index (χ0) is 87.3. The molecule has 0 saturated carbocycles. The Kier molecular flexibility index (Phi) is 60.1. The molecule has 686 valence electrons. The van der Waals surface area contributed by atoms with Crippen LogP contribution in [0.5, 0.6) is 0 Å². The van der Waals surface area contributed by atoms with Crippen LogP contribution in [0.15, 0.2) is 65.7 Å². The Balaban J connectivity index is 0.000000519. The third-order valence-corrected chi connectivity index (χ3v) is 25.4. The van der Waals surface area contributed by atoms with Crippen LogP contribution in [0.3, 0.4) is 0 Å². The lowest BCUT2D eigenvalue weighted by Gasteiger charge is -2.43. The number of carbonyl (C=O) groups excluding carboxylic acids is 4. The summed E-state index contributed by atoms with van der Waals surface area (Å²) in [5, 5.41) is 26.2. The number of aliphatic imine (C=N–C) groups is 1. The van der Waals surface area contributed by atoms with E-state index in [9.17, 15) is 19.2 Å². The van der Waals surface area contributed by atoms with Gasteiger partial charge in [0.2, 0.25) is 6.29 Å². The molecule has 0 aromatic heterocycles. The molecule has 0 bridgehead atoms. The van der Waals surface area contributed by atoms with Gasteiger partial charge in [-0.1, -0.05) is 196 Å². The van der Waals surface area contributed by atoms with E-state index in [-0.39, 0.29) is 119 Å². The molecule has 119 heavy (non-hydrogen) atoms. The highest BCUT2D eigenvalue weighted by Crippen LogP contribution is 2.47. The number of aliphatic hydroxyl groups excluding tert-OH is 2. The predicted molar refractivity (Wildman–Crippen MR) is 466 cm³/mol. The Hall–Kier alpha value is -4.85. The van der Waals surface area contributed by atoms with Crippen LogP contribution in [-0.4, -0.2) is 198 Å². The summed E-state index contributed by atoms with van der Waals surface area (Å²) < 4.78 is 93.7. The van der Waals surface area contributed by atoms with Crippen LogP contribution in [0.25, 0.3) is 0 Å². The zero-order valence-electron chi connectivity index (χ0n) is 76.0. The molecule has 21 atom stereocenters. The largest absolute Gasteiger partial charge is 0.463 e. The standard InChI is InChI=1S/C26H49N2O6P.C24H38O5.C17H32O5.C13H20O2.C12H19NO4.CH4/c1-19(2)28(20(3)4)35(33-17-13-14-27)32-16-12-10-9-11-15-30-26-23(7)21(5)22(6)25(34-26)18-31-24(8)29;1-18-19(2)23(17-28-21(4)25)29-24(20(18)3)27-15-11-6-5-10-14-26-16-22-12-8-7-9-13-22;1-12-13(2)16(11-21-15(4)19)22-17(14(12)3)20-10-8-6-5-7-9-18;14-10-6-1-2-7-11-15-12-13-8-4-3-5-9-13;1-6-7(2)11-12(16-8(3)13-11)17-10(6)5-15-9(4)14;/h19-23,25-26H,9-13,15-18H2,1-8H3;7-9,12-13,18-20,23-24H,5-6,10-11,14-17H2,1-4H3;12-14,16-18H,5-11H2,1-4H3;3-5,8-9,14H,1-2,6-7,10-12H2;6-7,10-12H,5H2,1-4H3;1H4/t21-,22+,23?,25?,26+,35?;18-,19+,20?,23?,24+;12-,13+,14?,16?,17+;;6-,7+,10?,11?,12+;/m000.1./s1. The van der Waals surface area contributed by atoms with Crippen LogP contribution >= 0.6 is 8.53 Å². The molecule has 7 rings (SSSR count). The number of rotatable bonds is 48. The second-order valence-electron chi connectivity index (χ2n) is 33.3. The van der Waals surface area contributed by atoms with Crippen molar-refractivity contribution in [2.75, 3.05) is 85.9 Å². The summed E-state index contributed by atoms with van der Waals surface area (Å²) in [6.45, 7) is 47.7. The summed E-state index contributed by atoms with van der Waals surface area (Å²) in [4.78, 5) is 48.6. The second-order valence-corrected chi connectivity index (χ2v) is 34.7. The number of carbonyl (C=O) groups is 4. The van der Waals surface area contributed by atoms with Gasteiger partial charge in [0.15, 0.2) is 24.8 Å². The van der Waals surface area contributed by atoms with E-state index in [0.717, 1.165) is 116 Å². The molecule has 0 aliphatic carbocycles. The molecule has 0 spiro atoms. The van der Waals surface area contributed by atoms with Gasteiger partial charge in [-0.3, -0.25) is 19.2 Å². The topological polar surface area (TPSA) is 296 Å². The molecule has 2 aromatic carbocycles. The van der Waals surface area contributed by atoms with Crippen molar-refractivity contribution in [1.29, 1.82) is 5.26 Å². The van der Waals surface area contributed by atoms with Crippen LogP contribution in [0.1, 0.15) is 266 Å². The average Bonchev–Trinajstić information content (AvgIpc) is 1.74. The Morgan fingerprint density at radius 2 is 0.739 bits per heavy atom. The van der Waals surface area contributed by atoms with E-state index in [1.807, 2.05) is 43.3 Å². The summed E-state index contributed by atoms with van der Waals surface area (Å²) in [6, 6.07) is 23.3. The quantitative estimate of drug-likeness (QED) is 0.0269. The lowest BCUT2D eigenvalue weighted by molar-refractivity contribution is -0.255.